The molecule has 0 rings (SSSR count). The molecular weight excluding hydrogens is 114 g/mol. The Balaban J connectivity index is 0. The first kappa shape index (κ1) is 9.38. The summed E-state index contributed by atoms with van der Waals surface area (Å²) in [6, 6.07) is 0. The van der Waals surface area contributed by atoms with Crippen LogP contribution in [-0.2, 0) is 0 Å². The molecule has 5 heavy (non-hydrogen) atoms. The van der Waals surface area contributed by atoms with Crippen molar-refractivity contribution in [3.05, 3.63) is 0 Å². The minimum absolute atomic E-state index is 0. The molecule has 0 aliphatic heterocycles. The van der Waals surface area contributed by atoms with Gasteiger partial charge in [-0.3, -0.25) is 0 Å². The van der Waals surface area contributed by atoms with Gasteiger partial charge in [0.25, 0.3) is 0 Å². The van der Waals surface area contributed by atoms with E-state index in [2.05, 4.69) is 24.8 Å². The summed E-state index contributed by atoms with van der Waals surface area (Å²) in [7, 11) is 0. The van der Waals surface area contributed by atoms with Crippen molar-refractivity contribution in [2.24, 2.45) is 5.73 Å². The van der Waals surface area contributed by atoms with E-state index in [4.69, 9.17) is 5.73 Å². The largest absolute Gasteiger partial charge is 0.385 e. The molecule has 0 bridgehead atoms. The summed E-state index contributed by atoms with van der Waals surface area (Å²) < 4.78 is 0.194. The zero-order valence-electron chi connectivity index (χ0n) is 2.64. The van der Waals surface area contributed by atoms with Gasteiger partial charge in [0, 0.05) is 23.1 Å². The highest BCUT2D eigenvalue weighted by Gasteiger charge is 1.55. The molecule has 0 aromatic rings. The van der Waals surface area contributed by atoms with Gasteiger partial charge in [-0.05, 0) is 0 Å². The lowest BCUT2D eigenvalue weighted by molar-refractivity contribution is 1.91. The van der Waals surface area contributed by atoms with Gasteiger partial charge in [0.15, 0.2) is 0 Å². The van der Waals surface area contributed by atoms with E-state index in [0.717, 1.165) is 0 Å². The summed E-state index contributed by atoms with van der Waals surface area (Å²) in [5.41, 5.74) is 4.71. The molecule has 4 heteroatoms. The molecule has 0 aromatic carbocycles. The Kier molecular flexibility index (Phi) is 9.39. The summed E-state index contributed by atoms with van der Waals surface area (Å²) in [6.45, 7) is 0. The lowest BCUT2D eigenvalue weighted by Gasteiger charge is -1.64. The van der Waals surface area contributed by atoms with Gasteiger partial charge in [-0.15, -0.1) is 12.6 Å². The van der Waals surface area contributed by atoms with E-state index in [1.165, 1.54) is 0 Å². The van der Waals surface area contributed by atoms with E-state index in [0.29, 0.717) is 0 Å². The van der Waals surface area contributed by atoms with E-state index >= 15 is 0 Å². The summed E-state index contributed by atoms with van der Waals surface area (Å²) in [5, 5.41) is 0. The van der Waals surface area contributed by atoms with Crippen molar-refractivity contribution < 1.29 is 0 Å². The van der Waals surface area contributed by atoms with Crippen LogP contribution in [0.3, 0.4) is 0 Å². The molecule has 26 valence electrons. The third-order valence-electron chi connectivity index (χ3n) is 0. The maximum absolute atomic E-state index is 4.71. The molecule has 0 heterocycles. The molecule has 0 fully saturated rings. The second kappa shape index (κ2) is 5.01. The number of nitrogens with two attached hydrogens (primary N) is 1. The Morgan fingerprint density at radius 1 is 1.80 bits per heavy atom. The minimum atomic E-state index is 0. The average Bonchev–Trinajstić information content (AvgIpc) is 0.811. The van der Waals surface area contributed by atoms with E-state index in [-0.39, 0.29) is 27.4 Å². The standard InChI is InChI=1S/CH3NS2.Mg/c2-1(3)4;/h(H3,2,3,4);. The van der Waals surface area contributed by atoms with Gasteiger partial charge in [0.05, 0.1) is 0 Å². The lowest BCUT2D eigenvalue weighted by Crippen LogP contribution is -1.94. The third-order valence-corrected chi connectivity index (χ3v) is 0. The second-order valence-corrected chi connectivity index (χ2v) is 1.56. The van der Waals surface area contributed by atoms with Crippen molar-refractivity contribution >= 4 is 52.2 Å². The van der Waals surface area contributed by atoms with Crippen LogP contribution in [0.1, 0.15) is 0 Å². The van der Waals surface area contributed by atoms with E-state index in [1.807, 2.05) is 0 Å². The lowest BCUT2D eigenvalue weighted by atomic mass is 11.5. The monoisotopic (exact) mass is 117 g/mol. The molecule has 0 aliphatic carbocycles. The SMILES string of the molecule is NC(=S)S.[Mg]. The highest BCUT2D eigenvalue weighted by molar-refractivity contribution is 8.10. The van der Waals surface area contributed by atoms with Gasteiger partial charge >= 0.3 is 0 Å². The summed E-state index contributed by atoms with van der Waals surface area (Å²) in [4.78, 5) is 0. The van der Waals surface area contributed by atoms with E-state index in [1.54, 1.807) is 0 Å². The molecule has 0 unspecified atom stereocenters. The van der Waals surface area contributed by atoms with Crippen LogP contribution < -0.4 is 5.73 Å². The topological polar surface area (TPSA) is 26.0 Å². The van der Waals surface area contributed by atoms with Crippen LogP contribution in [0.2, 0.25) is 0 Å². The minimum Gasteiger partial charge on any atom is -0.385 e. The molecule has 1 nitrogen and oxygen atoms in total. The molecule has 0 aromatic heterocycles. The Labute approximate surface area is 57.9 Å². The first-order valence-corrected chi connectivity index (χ1v) is 1.57. The molecule has 0 amide bonds. The Hall–Kier alpha value is 1.01. The maximum Gasteiger partial charge on any atom is 0.128 e. The summed E-state index contributed by atoms with van der Waals surface area (Å²) >= 11 is 7.65. The van der Waals surface area contributed by atoms with Gasteiger partial charge in [-0.2, -0.15) is 0 Å². The molecular formula is CH3MgNS2. The van der Waals surface area contributed by atoms with Crippen LogP contribution in [0.25, 0.3) is 0 Å². The van der Waals surface area contributed by atoms with Crippen molar-refractivity contribution in [1.29, 1.82) is 0 Å². The van der Waals surface area contributed by atoms with Crippen molar-refractivity contribution in [2.75, 3.05) is 0 Å². The van der Waals surface area contributed by atoms with E-state index in [9.17, 15) is 0 Å². The van der Waals surface area contributed by atoms with Gasteiger partial charge in [0.2, 0.25) is 0 Å². The van der Waals surface area contributed by atoms with Crippen LogP contribution in [0.15, 0.2) is 0 Å². The Morgan fingerprint density at radius 3 is 1.80 bits per heavy atom. The first-order valence-electron chi connectivity index (χ1n) is 0.716. The van der Waals surface area contributed by atoms with Gasteiger partial charge in [0.1, 0.15) is 4.32 Å². The number of rotatable bonds is 0. The van der Waals surface area contributed by atoms with Crippen LogP contribution in [0.4, 0.5) is 0 Å². The van der Waals surface area contributed by atoms with Crippen LogP contribution in [-0.4, -0.2) is 27.4 Å². The van der Waals surface area contributed by atoms with Gasteiger partial charge in [-0.1, -0.05) is 12.2 Å². The van der Waals surface area contributed by atoms with Gasteiger partial charge in [-0.25, -0.2) is 0 Å². The predicted molar refractivity (Wildman–Crippen MR) is 31.5 cm³/mol. The zero-order valence-corrected chi connectivity index (χ0v) is 5.77. The number of thiol groups is 1. The predicted octanol–water partition coefficient (Wildman–Crippen LogP) is -0.221. The highest BCUT2D eigenvalue weighted by Crippen LogP contribution is 1.63. The number of hydrogen-bond acceptors (Lipinski definition) is 1. The number of thiocarbonyl (C=S) groups is 1. The number of hydrogen-bond donors (Lipinski definition) is 2. The van der Waals surface area contributed by atoms with Crippen LogP contribution >= 0.6 is 24.8 Å². The van der Waals surface area contributed by atoms with Crippen LogP contribution in [0, 0.1) is 0 Å². The van der Waals surface area contributed by atoms with Crippen molar-refractivity contribution in [2.45, 2.75) is 0 Å². The van der Waals surface area contributed by atoms with Crippen molar-refractivity contribution in [1.82, 2.24) is 0 Å². The average molecular weight is 117 g/mol. The smallest absolute Gasteiger partial charge is 0.128 e. The fourth-order valence-electron chi connectivity index (χ4n) is 0. The fraction of sp³-hybridized carbons (Fsp3) is 0. The molecule has 2 N–H and O–H groups in total. The molecule has 0 aliphatic rings. The van der Waals surface area contributed by atoms with E-state index < -0.39 is 0 Å². The first-order chi connectivity index (χ1) is 1.73. The fourth-order valence-corrected chi connectivity index (χ4v) is 0. The zero-order chi connectivity index (χ0) is 3.58. The normalized spacial score (nSPS) is 5.00. The quantitative estimate of drug-likeness (QED) is 0.261. The molecule has 0 spiro atoms. The molecule has 0 saturated carbocycles. The summed E-state index contributed by atoms with van der Waals surface area (Å²) in [5.74, 6) is 0. The molecule has 0 atom stereocenters. The summed E-state index contributed by atoms with van der Waals surface area (Å²) in [6.07, 6.45) is 0. The molecule has 2 radical (unpaired) electrons. The Bertz CT molecular complexity index is 32.6. The highest BCUT2D eigenvalue weighted by atomic mass is 32.1. The maximum atomic E-state index is 4.71. The second-order valence-electron chi connectivity index (χ2n) is 0.338. The Morgan fingerprint density at radius 2 is 1.80 bits per heavy atom. The van der Waals surface area contributed by atoms with Crippen molar-refractivity contribution in [3.63, 3.8) is 0 Å². The van der Waals surface area contributed by atoms with Crippen LogP contribution in [0.5, 0.6) is 0 Å². The van der Waals surface area contributed by atoms with Crippen molar-refractivity contribution in [3.8, 4) is 0 Å². The third kappa shape index (κ3) is 44.7. The molecule has 0 saturated heterocycles. The van der Waals surface area contributed by atoms with Gasteiger partial charge < -0.3 is 5.73 Å².